The van der Waals surface area contributed by atoms with Crippen LogP contribution in [0.2, 0.25) is 0 Å². The Hall–Kier alpha value is -1.80. The number of carbonyl (C=O) groups is 1. The van der Waals surface area contributed by atoms with Crippen molar-refractivity contribution in [2.45, 2.75) is 99.1 Å². The maximum atomic E-state index is 14.6. The highest BCUT2D eigenvalue weighted by Crippen LogP contribution is 2.59. The highest BCUT2D eigenvalue weighted by molar-refractivity contribution is 5.74. The summed E-state index contributed by atoms with van der Waals surface area (Å²) >= 11 is 0. The summed E-state index contributed by atoms with van der Waals surface area (Å²) in [6, 6.07) is 0. The number of halogens is 17. The second-order valence-electron chi connectivity index (χ2n) is 9.32. The molecule has 2 N–H and O–H groups in total. The van der Waals surface area contributed by atoms with E-state index in [1.54, 1.807) is 0 Å². The van der Waals surface area contributed by atoms with Crippen LogP contribution < -0.4 is 0 Å². The molecule has 21 heteroatoms. The molecule has 3 atom stereocenters. The van der Waals surface area contributed by atoms with Gasteiger partial charge in [-0.1, -0.05) is 6.92 Å². The number of hydrogen-bond acceptors (Lipinski definition) is 4. The van der Waals surface area contributed by atoms with E-state index in [1.807, 2.05) is 0 Å². The minimum Gasteiger partial charge on any atom is -0.462 e. The molecule has 0 amide bonds. The fourth-order valence-electron chi connectivity index (χ4n) is 4.03. The van der Waals surface area contributed by atoms with Crippen LogP contribution in [-0.4, -0.2) is 75.7 Å². The van der Waals surface area contributed by atoms with Crippen LogP contribution in [0.3, 0.4) is 0 Å². The third kappa shape index (κ3) is 5.77. The first-order valence-electron chi connectivity index (χ1n) is 10.6. The standard InChI is InChI=1S/C19H19F17O4/c1-3-7-4-9(15(23,24)11(2,20)14(7,21)22)10(37)40-8(5-12(38,16(25,26)27)17(28,29)30)6-13(39,18(31,32)33)19(34,35)36/h7-9,38-39H,3-6H2,1-2H3. The second kappa shape index (κ2) is 10.2. The Bertz CT molecular complexity index is 848. The SMILES string of the molecule is CCC1CC(C(=O)OC(CC(O)(C(F)(F)F)C(F)(F)F)CC(O)(C(F)(F)F)C(F)(F)F)C(F)(F)C(C)(F)C1(F)F. The van der Waals surface area contributed by atoms with Crippen molar-refractivity contribution in [1.82, 2.24) is 0 Å². The van der Waals surface area contributed by atoms with Gasteiger partial charge in [0.15, 0.2) is 0 Å². The summed E-state index contributed by atoms with van der Waals surface area (Å²) in [4.78, 5) is 12.4. The molecular weight excluding hydrogens is 615 g/mol. The van der Waals surface area contributed by atoms with Crippen molar-refractivity contribution >= 4 is 5.97 Å². The van der Waals surface area contributed by atoms with Crippen molar-refractivity contribution in [2.75, 3.05) is 0 Å². The Balaban J connectivity index is 3.73. The van der Waals surface area contributed by atoms with E-state index in [2.05, 4.69) is 4.74 Å². The van der Waals surface area contributed by atoms with Gasteiger partial charge in [0.05, 0.1) is 0 Å². The Morgan fingerprint density at radius 2 is 1.07 bits per heavy atom. The van der Waals surface area contributed by atoms with E-state index in [0.29, 0.717) is 0 Å². The van der Waals surface area contributed by atoms with Gasteiger partial charge in [-0.3, -0.25) is 4.79 Å². The minimum atomic E-state index is -6.97. The summed E-state index contributed by atoms with van der Waals surface area (Å²) in [5.41, 5.74) is -17.5. The van der Waals surface area contributed by atoms with E-state index >= 15 is 0 Å². The van der Waals surface area contributed by atoms with Crippen LogP contribution in [0.15, 0.2) is 0 Å². The first-order chi connectivity index (χ1) is 17.3. The van der Waals surface area contributed by atoms with Gasteiger partial charge in [0.25, 0.3) is 23.0 Å². The number of aliphatic hydroxyl groups is 2. The molecule has 238 valence electrons. The van der Waals surface area contributed by atoms with Gasteiger partial charge in [0.1, 0.15) is 12.0 Å². The van der Waals surface area contributed by atoms with Gasteiger partial charge in [-0.25, -0.2) is 22.0 Å². The summed E-state index contributed by atoms with van der Waals surface area (Å²) in [5, 5.41) is 18.4. The average molecular weight is 634 g/mol. The zero-order valence-electron chi connectivity index (χ0n) is 19.7. The molecule has 1 saturated carbocycles. The second-order valence-corrected chi connectivity index (χ2v) is 9.32. The minimum absolute atomic E-state index is 0.454. The maximum absolute atomic E-state index is 14.6. The lowest BCUT2D eigenvalue weighted by atomic mass is 9.67. The largest absolute Gasteiger partial charge is 0.462 e. The molecule has 0 heterocycles. The number of alkyl halides is 17. The first-order valence-corrected chi connectivity index (χ1v) is 10.6. The van der Waals surface area contributed by atoms with Gasteiger partial charge in [0.2, 0.25) is 5.67 Å². The average Bonchev–Trinajstić information content (AvgIpc) is 2.69. The zero-order chi connectivity index (χ0) is 32.3. The molecule has 0 bridgehead atoms. The molecule has 1 aliphatic carbocycles. The van der Waals surface area contributed by atoms with E-state index in [-0.39, 0.29) is 0 Å². The highest BCUT2D eigenvalue weighted by atomic mass is 19.4. The Labute approximate surface area is 212 Å². The van der Waals surface area contributed by atoms with Crippen molar-refractivity contribution in [3.8, 4) is 0 Å². The molecule has 0 aliphatic heterocycles. The monoisotopic (exact) mass is 634 g/mol. The van der Waals surface area contributed by atoms with E-state index in [9.17, 15) is 89.6 Å². The fourth-order valence-corrected chi connectivity index (χ4v) is 4.03. The van der Waals surface area contributed by atoms with E-state index in [1.165, 1.54) is 0 Å². The van der Waals surface area contributed by atoms with Crippen LogP contribution in [0, 0.1) is 11.8 Å². The third-order valence-corrected chi connectivity index (χ3v) is 6.70. The Morgan fingerprint density at radius 3 is 1.35 bits per heavy atom. The number of carbonyl (C=O) groups excluding carboxylic acids is 1. The summed E-state index contributed by atoms with van der Waals surface area (Å²) in [6.45, 7) is 0.382. The highest BCUT2D eigenvalue weighted by Gasteiger charge is 2.77. The molecule has 1 aliphatic rings. The number of hydrogen-bond donors (Lipinski definition) is 2. The van der Waals surface area contributed by atoms with Crippen LogP contribution in [0.5, 0.6) is 0 Å². The van der Waals surface area contributed by atoms with Crippen LogP contribution >= 0.6 is 0 Å². The molecule has 1 rings (SSSR count). The normalized spacial score (nSPS) is 26.6. The van der Waals surface area contributed by atoms with Gasteiger partial charge in [0, 0.05) is 18.8 Å². The summed E-state index contributed by atoms with van der Waals surface area (Å²) in [5.74, 6) is -19.6. The van der Waals surface area contributed by atoms with Crippen molar-refractivity contribution in [3.63, 3.8) is 0 Å². The van der Waals surface area contributed by atoms with Crippen LogP contribution in [0.4, 0.5) is 74.6 Å². The third-order valence-electron chi connectivity index (χ3n) is 6.70. The van der Waals surface area contributed by atoms with E-state index in [0.717, 1.165) is 6.92 Å². The van der Waals surface area contributed by atoms with Crippen molar-refractivity contribution in [2.24, 2.45) is 11.8 Å². The molecule has 0 radical (unpaired) electrons. The lowest BCUT2D eigenvalue weighted by Crippen LogP contribution is -2.67. The quantitative estimate of drug-likeness (QED) is 0.250. The predicted octanol–water partition coefficient (Wildman–Crippen LogP) is 6.43. The molecule has 0 aromatic carbocycles. The van der Waals surface area contributed by atoms with Crippen molar-refractivity contribution in [1.29, 1.82) is 0 Å². The van der Waals surface area contributed by atoms with Crippen molar-refractivity contribution in [3.05, 3.63) is 0 Å². The Morgan fingerprint density at radius 1 is 0.750 bits per heavy atom. The van der Waals surface area contributed by atoms with Gasteiger partial charge in [-0.2, -0.15) is 52.7 Å². The lowest BCUT2D eigenvalue weighted by molar-refractivity contribution is -0.386. The fraction of sp³-hybridized carbons (Fsp3) is 0.947. The first kappa shape index (κ1) is 36.2. The molecule has 3 unspecified atom stereocenters. The van der Waals surface area contributed by atoms with E-state index in [4.69, 9.17) is 0 Å². The van der Waals surface area contributed by atoms with Gasteiger partial charge in [-0.05, 0) is 19.8 Å². The topological polar surface area (TPSA) is 66.8 Å². The van der Waals surface area contributed by atoms with Crippen molar-refractivity contribution < 1.29 is 94.4 Å². The molecular formula is C19H19F17O4. The maximum Gasteiger partial charge on any atom is 0.426 e. The van der Waals surface area contributed by atoms with Crippen LogP contribution in [-0.2, 0) is 9.53 Å². The molecule has 0 spiro atoms. The lowest BCUT2D eigenvalue weighted by Gasteiger charge is -2.48. The molecule has 0 aromatic heterocycles. The van der Waals surface area contributed by atoms with Gasteiger partial charge >= 0.3 is 30.7 Å². The Kier molecular flexibility index (Phi) is 9.22. The number of ether oxygens (including phenoxy) is 1. The molecule has 40 heavy (non-hydrogen) atoms. The predicted molar refractivity (Wildman–Crippen MR) is 94.5 cm³/mol. The summed E-state index contributed by atoms with van der Waals surface area (Å²) in [7, 11) is 0. The zero-order valence-corrected chi connectivity index (χ0v) is 19.7. The van der Waals surface area contributed by atoms with Crippen LogP contribution in [0.1, 0.15) is 39.5 Å². The van der Waals surface area contributed by atoms with Gasteiger partial charge < -0.3 is 14.9 Å². The van der Waals surface area contributed by atoms with Gasteiger partial charge in [-0.15, -0.1) is 0 Å². The molecule has 0 aromatic rings. The molecule has 4 nitrogen and oxygen atoms in total. The summed E-state index contributed by atoms with van der Waals surface area (Å²) < 4.78 is 233. The molecule has 0 saturated heterocycles. The number of rotatable bonds is 7. The van der Waals surface area contributed by atoms with E-state index < -0.39 is 110 Å². The smallest absolute Gasteiger partial charge is 0.426 e. The molecule has 1 fully saturated rings. The van der Waals surface area contributed by atoms with Crippen LogP contribution in [0.25, 0.3) is 0 Å². The summed E-state index contributed by atoms with van der Waals surface area (Å²) in [6.07, 6.45) is -41.7. The number of esters is 1.